The molecule has 0 aliphatic rings. The number of thioether (sulfide) groups is 1. The van der Waals surface area contributed by atoms with E-state index in [2.05, 4.69) is 5.32 Å². The summed E-state index contributed by atoms with van der Waals surface area (Å²) in [5, 5.41) is 2.77. The second kappa shape index (κ2) is 9.27. The van der Waals surface area contributed by atoms with Crippen LogP contribution in [-0.2, 0) is 23.6 Å². The zero-order valence-electron chi connectivity index (χ0n) is 15.2. The topological polar surface area (TPSA) is 73.5 Å². The van der Waals surface area contributed by atoms with Gasteiger partial charge in [0.25, 0.3) is 0 Å². The minimum absolute atomic E-state index is 0.0245. The largest absolute Gasteiger partial charge is 0.491 e. The first-order valence-corrected chi connectivity index (χ1v) is 9.48. The van der Waals surface area contributed by atoms with Crippen LogP contribution in [0.3, 0.4) is 0 Å². The Morgan fingerprint density at radius 3 is 2.75 bits per heavy atom. The Labute approximate surface area is 165 Å². The molecule has 8 heteroatoms. The van der Waals surface area contributed by atoms with Crippen LogP contribution in [0.4, 0.5) is 4.39 Å². The lowest BCUT2D eigenvalue weighted by Crippen LogP contribution is -2.28. The molecule has 0 saturated heterocycles. The van der Waals surface area contributed by atoms with E-state index in [-0.39, 0.29) is 36.0 Å². The number of nitrogens with one attached hydrogen (secondary N) is 1. The summed E-state index contributed by atoms with van der Waals surface area (Å²) in [4.78, 5) is 25.3. The van der Waals surface area contributed by atoms with Crippen molar-refractivity contribution in [2.24, 2.45) is 0 Å². The van der Waals surface area contributed by atoms with Gasteiger partial charge >= 0.3 is 0 Å². The lowest BCUT2D eigenvalue weighted by Gasteiger charge is -2.14. The summed E-state index contributed by atoms with van der Waals surface area (Å²) in [6, 6.07) is 11.1. The maximum absolute atomic E-state index is 13.0. The van der Waals surface area contributed by atoms with E-state index in [1.54, 1.807) is 35.1 Å². The third-order valence-corrected chi connectivity index (χ3v) is 5.00. The molecule has 0 unspecified atom stereocenters. The van der Waals surface area contributed by atoms with Crippen LogP contribution in [0, 0.1) is 5.82 Å². The minimum Gasteiger partial charge on any atom is -0.491 e. The molecule has 146 valence electrons. The standard InChI is InChI=1S/C20H19FN2O4S/c1-26-19-11-23(12-20(25)22-10-16-3-2-8-27-16)15(9-18(19)24)13-28-17-6-4-14(21)5-7-17/h2-9,11H,10,12-13H2,1H3,(H,22,25). The van der Waals surface area contributed by atoms with Gasteiger partial charge in [-0.25, -0.2) is 4.39 Å². The molecule has 0 atom stereocenters. The van der Waals surface area contributed by atoms with Crippen molar-refractivity contribution in [3.05, 3.63) is 82.4 Å². The van der Waals surface area contributed by atoms with Crippen LogP contribution >= 0.6 is 11.8 Å². The number of aromatic nitrogens is 1. The van der Waals surface area contributed by atoms with E-state index >= 15 is 0 Å². The van der Waals surface area contributed by atoms with Gasteiger partial charge in [-0.1, -0.05) is 0 Å². The van der Waals surface area contributed by atoms with E-state index in [4.69, 9.17) is 9.15 Å². The van der Waals surface area contributed by atoms with Crippen LogP contribution < -0.4 is 15.5 Å². The van der Waals surface area contributed by atoms with Crippen molar-refractivity contribution in [3.8, 4) is 5.75 Å². The van der Waals surface area contributed by atoms with E-state index in [0.29, 0.717) is 17.2 Å². The van der Waals surface area contributed by atoms with Crippen LogP contribution in [0.2, 0.25) is 0 Å². The van der Waals surface area contributed by atoms with Crippen molar-refractivity contribution in [2.45, 2.75) is 23.7 Å². The third kappa shape index (κ3) is 5.26. The Kier molecular flexibility index (Phi) is 6.54. The highest BCUT2D eigenvalue weighted by Gasteiger charge is 2.11. The molecular formula is C20H19FN2O4S. The molecule has 1 amide bonds. The number of carbonyl (C=O) groups is 1. The van der Waals surface area contributed by atoms with Crippen LogP contribution in [0.25, 0.3) is 0 Å². The Balaban J connectivity index is 1.72. The van der Waals surface area contributed by atoms with Crippen molar-refractivity contribution in [1.29, 1.82) is 0 Å². The molecule has 0 fully saturated rings. The van der Waals surface area contributed by atoms with Gasteiger partial charge in [-0.05, 0) is 36.4 Å². The Morgan fingerprint density at radius 1 is 1.29 bits per heavy atom. The van der Waals surface area contributed by atoms with Crippen LogP contribution in [0.1, 0.15) is 11.5 Å². The van der Waals surface area contributed by atoms with E-state index < -0.39 is 0 Å². The number of pyridine rings is 1. The number of benzene rings is 1. The molecule has 2 aromatic heterocycles. The highest BCUT2D eigenvalue weighted by atomic mass is 32.2. The Hall–Kier alpha value is -3.00. The van der Waals surface area contributed by atoms with Gasteiger partial charge in [-0.15, -0.1) is 11.8 Å². The normalized spacial score (nSPS) is 10.6. The monoisotopic (exact) mass is 402 g/mol. The van der Waals surface area contributed by atoms with Gasteiger partial charge in [0.15, 0.2) is 5.75 Å². The molecule has 0 aliphatic heterocycles. The number of amides is 1. The number of methoxy groups -OCH3 is 1. The fraction of sp³-hybridized carbons (Fsp3) is 0.200. The highest BCUT2D eigenvalue weighted by molar-refractivity contribution is 7.98. The van der Waals surface area contributed by atoms with Gasteiger partial charge in [0.2, 0.25) is 11.3 Å². The molecule has 1 aromatic carbocycles. The van der Waals surface area contributed by atoms with E-state index in [0.717, 1.165) is 4.90 Å². The van der Waals surface area contributed by atoms with Crippen molar-refractivity contribution in [3.63, 3.8) is 0 Å². The summed E-state index contributed by atoms with van der Waals surface area (Å²) in [7, 11) is 1.41. The lowest BCUT2D eigenvalue weighted by molar-refractivity contribution is -0.121. The second-order valence-electron chi connectivity index (χ2n) is 5.92. The summed E-state index contributed by atoms with van der Waals surface area (Å²) < 4.78 is 25.0. The molecular weight excluding hydrogens is 383 g/mol. The number of halogens is 1. The minimum atomic E-state index is -0.307. The number of rotatable bonds is 8. The Bertz CT molecular complexity index is 984. The van der Waals surface area contributed by atoms with Gasteiger partial charge in [-0.3, -0.25) is 9.59 Å². The molecule has 3 aromatic rings. The van der Waals surface area contributed by atoms with Gasteiger partial charge in [0, 0.05) is 22.4 Å². The van der Waals surface area contributed by atoms with E-state index in [1.165, 1.54) is 43.3 Å². The van der Waals surface area contributed by atoms with E-state index in [9.17, 15) is 14.0 Å². The molecule has 0 radical (unpaired) electrons. The number of ether oxygens (including phenoxy) is 1. The summed E-state index contributed by atoms with van der Waals surface area (Å²) in [6.07, 6.45) is 3.06. The summed E-state index contributed by atoms with van der Waals surface area (Å²) >= 11 is 1.44. The third-order valence-electron chi connectivity index (χ3n) is 3.96. The zero-order valence-corrected chi connectivity index (χ0v) is 16.0. The van der Waals surface area contributed by atoms with Gasteiger partial charge in [0.1, 0.15) is 18.1 Å². The molecule has 28 heavy (non-hydrogen) atoms. The summed E-state index contributed by atoms with van der Waals surface area (Å²) in [5.74, 6) is 0.720. The van der Waals surface area contributed by atoms with Crippen molar-refractivity contribution < 1.29 is 18.3 Å². The fourth-order valence-corrected chi connectivity index (χ4v) is 3.41. The molecule has 3 rings (SSSR count). The van der Waals surface area contributed by atoms with Gasteiger partial charge in [0.05, 0.1) is 26.1 Å². The highest BCUT2D eigenvalue weighted by Crippen LogP contribution is 2.23. The molecule has 0 saturated carbocycles. The van der Waals surface area contributed by atoms with Gasteiger partial charge in [-0.2, -0.15) is 0 Å². The molecule has 0 bridgehead atoms. The SMILES string of the molecule is COc1cn(CC(=O)NCc2ccco2)c(CSc2ccc(F)cc2)cc1=O. The fourth-order valence-electron chi connectivity index (χ4n) is 2.52. The van der Waals surface area contributed by atoms with Crippen molar-refractivity contribution in [1.82, 2.24) is 9.88 Å². The number of hydrogen-bond acceptors (Lipinski definition) is 5. The van der Waals surface area contributed by atoms with Gasteiger partial charge < -0.3 is 19.0 Å². The van der Waals surface area contributed by atoms with Crippen LogP contribution in [0.15, 0.2) is 69.0 Å². The molecule has 1 N–H and O–H groups in total. The maximum atomic E-state index is 13.0. The average molecular weight is 402 g/mol. The number of nitrogens with zero attached hydrogens (tertiary/aromatic N) is 1. The average Bonchev–Trinajstić information content (AvgIpc) is 3.21. The summed E-state index contributed by atoms with van der Waals surface area (Å²) in [5.41, 5.74) is 0.401. The first kappa shape index (κ1) is 19.8. The molecule has 0 spiro atoms. The first-order valence-electron chi connectivity index (χ1n) is 8.50. The predicted octanol–water partition coefficient (Wildman–Crippen LogP) is 3.20. The number of furan rings is 1. The lowest BCUT2D eigenvalue weighted by atomic mass is 10.3. The van der Waals surface area contributed by atoms with Crippen molar-refractivity contribution in [2.75, 3.05) is 7.11 Å². The number of carbonyl (C=O) groups excluding carboxylic acids is 1. The first-order chi connectivity index (χ1) is 13.5. The Morgan fingerprint density at radius 2 is 2.07 bits per heavy atom. The molecule has 6 nitrogen and oxygen atoms in total. The van der Waals surface area contributed by atoms with Crippen LogP contribution in [-0.4, -0.2) is 17.6 Å². The van der Waals surface area contributed by atoms with Crippen LogP contribution in [0.5, 0.6) is 5.75 Å². The second-order valence-corrected chi connectivity index (χ2v) is 6.97. The summed E-state index contributed by atoms with van der Waals surface area (Å²) in [6.45, 7) is 0.305. The zero-order chi connectivity index (χ0) is 19.9. The molecule has 0 aliphatic carbocycles. The molecule has 2 heterocycles. The predicted molar refractivity (Wildman–Crippen MR) is 104 cm³/mol. The maximum Gasteiger partial charge on any atom is 0.240 e. The smallest absolute Gasteiger partial charge is 0.240 e. The van der Waals surface area contributed by atoms with E-state index in [1.807, 2.05) is 0 Å². The van der Waals surface area contributed by atoms with Crippen molar-refractivity contribution >= 4 is 17.7 Å². The number of hydrogen-bond donors (Lipinski definition) is 1. The quantitative estimate of drug-likeness (QED) is 0.586.